The van der Waals surface area contributed by atoms with Crippen LogP contribution in [-0.2, 0) is 17.6 Å². The molecule has 3 heterocycles. The van der Waals surface area contributed by atoms with Gasteiger partial charge in [0.1, 0.15) is 5.82 Å². The van der Waals surface area contributed by atoms with Crippen LogP contribution in [0.1, 0.15) is 32.1 Å². The summed E-state index contributed by atoms with van der Waals surface area (Å²) in [6, 6.07) is 11.2. The minimum Gasteiger partial charge on any atom is -0.378 e. The molecule has 1 aliphatic carbocycles. The fourth-order valence-electron chi connectivity index (χ4n) is 4.18. The van der Waals surface area contributed by atoms with Gasteiger partial charge in [-0.05, 0) is 30.5 Å². The van der Waals surface area contributed by atoms with E-state index in [1.807, 2.05) is 29.2 Å². The number of benzene rings is 1. The van der Waals surface area contributed by atoms with Crippen LogP contribution in [0, 0.1) is 0 Å². The van der Waals surface area contributed by atoms with E-state index < -0.39 is 11.8 Å². The van der Waals surface area contributed by atoms with Gasteiger partial charge >= 0.3 is 0 Å². The van der Waals surface area contributed by atoms with Crippen molar-refractivity contribution in [3.05, 3.63) is 63.9 Å². The van der Waals surface area contributed by atoms with E-state index in [1.165, 1.54) is 4.79 Å². The van der Waals surface area contributed by atoms with Crippen LogP contribution in [0.2, 0.25) is 5.02 Å². The summed E-state index contributed by atoms with van der Waals surface area (Å²) in [7, 11) is 0. The van der Waals surface area contributed by atoms with Gasteiger partial charge in [0.25, 0.3) is 11.8 Å². The molecule has 0 saturated carbocycles. The van der Waals surface area contributed by atoms with E-state index in [0.717, 1.165) is 23.1 Å². The van der Waals surface area contributed by atoms with Crippen LogP contribution in [0.4, 0.5) is 5.82 Å². The Morgan fingerprint density at radius 3 is 2.62 bits per heavy atom. The summed E-state index contributed by atoms with van der Waals surface area (Å²) in [5, 5.41) is 4.53. The molecule has 164 valence electrons. The highest BCUT2D eigenvalue weighted by Crippen LogP contribution is 2.35. The number of amides is 2. The first-order chi connectivity index (χ1) is 15.5. The largest absolute Gasteiger partial charge is 0.378 e. The number of pyridine rings is 1. The summed E-state index contributed by atoms with van der Waals surface area (Å²) >= 11 is 6.31. The molecule has 1 fully saturated rings. The molecule has 10 heteroatoms. The van der Waals surface area contributed by atoms with E-state index in [1.54, 1.807) is 12.1 Å². The van der Waals surface area contributed by atoms with Gasteiger partial charge in [-0.25, -0.2) is 10.4 Å². The number of nitrogens with zero attached hydrogens (tertiary/aromatic N) is 4. The number of halogens is 1. The number of aryl methyl sites for hydroxylation is 1. The molecule has 1 saturated heterocycles. The SMILES string of the molecule is NC(=O)c1nn(NC(=O)c2nc(N3CCOCC3)ccc2Cl)c2c1CCc1ccccc1-2. The highest BCUT2D eigenvalue weighted by atomic mass is 35.5. The summed E-state index contributed by atoms with van der Waals surface area (Å²) in [5.74, 6) is -0.526. The number of aromatic nitrogens is 3. The first-order valence-corrected chi connectivity index (χ1v) is 10.7. The molecule has 2 aromatic heterocycles. The quantitative estimate of drug-likeness (QED) is 0.625. The first-order valence-electron chi connectivity index (χ1n) is 10.3. The van der Waals surface area contributed by atoms with Crippen molar-refractivity contribution in [3.8, 4) is 11.3 Å². The van der Waals surface area contributed by atoms with Crippen LogP contribution >= 0.6 is 11.6 Å². The second-order valence-electron chi connectivity index (χ2n) is 7.65. The topological polar surface area (TPSA) is 115 Å². The molecule has 0 atom stereocenters. The number of anilines is 1. The lowest BCUT2D eigenvalue weighted by Gasteiger charge is -2.28. The van der Waals surface area contributed by atoms with Crippen LogP contribution < -0.4 is 16.1 Å². The molecule has 2 amide bonds. The van der Waals surface area contributed by atoms with Crippen LogP contribution in [0.5, 0.6) is 0 Å². The molecule has 3 N–H and O–H groups in total. The second kappa shape index (κ2) is 8.25. The van der Waals surface area contributed by atoms with Gasteiger partial charge in [0, 0.05) is 24.2 Å². The third-order valence-corrected chi connectivity index (χ3v) is 6.03. The number of morpholine rings is 1. The Labute approximate surface area is 189 Å². The number of hydrogen-bond donors (Lipinski definition) is 2. The number of carbonyl (C=O) groups is 2. The van der Waals surface area contributed by atoms with Crippen molar-refractivity contribution in [2.45, 2.75) is 12.8 Å². The lowest BCUT2D eigenvalue weighted by Crippen LogP contribution is -2.37. The van der Waals surface area contributed by atoms with Crippen LogP contribution in [-0.4, -0.2) is 53.0 Å². The summed E-state index contributed by atoms with van der Waals surface area (Å²) in [4.78, 5) is 33.0. The molecule has 0 radical (unpaired) electrons. The molecule has 1 aromatic carbocycles. The predicted molar refractivity (Wildman–Crippen MR) is 120 cm³/mol. The number of hydrogen-bond acceptors (Lipinski definition) is 6. The van der Waals surface area contributed by atoms with Crippen molar-refractivity contribution >= 4 is 29.2 Å². The van der Waals surface area contributed by atoms with Crippen molar-refractivity contribution in [2.75, 3.05) is 36.6 Å². The minimum absolute atomic E-state index is 0.0737. The normalized spacial score (nSPS) is 15.1. The van der Waals surface area contributed by atoms with Crippen molar-refractivity contribution < 1.29 is 14.3 Å². The monoisotopic (exact) mass is 452 g/mol. The molecule has 3 aromatic rings. The number of carbonyl (C=O) groups excluding carboxylic acids is 2. The van der Waals surface area contributed by atoms with Crippen LogP contribution in [0.3, 0.4) is 0 Å². The number of primary amides is 1. The summed E-state index contributed by atoms with van der Waals surface area (Å²) in [5.41, 5.74) is 11.9. The first kappa shape index (κ1) is 20.5. The van der Waals surface area contributed by atoms with Gasteiger partial charge in [-0.15, -0.1) is 5.10 Å². The van der Waals surface area contributed by atoms with Gasteiger partial charge in [0.2, 0.25) is 0 Å². The fraction of sp³-hybridized carbons (Fsp3) is 0.273. The molecule has 1 aliphatic heterocycles. The Morgan fingerprint density at radius 2 is 1.84 bits per heavy atom. The van der Waals surface area contributed by atoms with Gasteiger partial charge in [0.05, 0.1) is 23.9 Å². The van der Waals surface area contributed by atoms with E-state index in [-0.39, 0.29) is 16.4 Å². The Hall–Kier alpha value is -3.43. The Balaban J connectivity index is 1.51. The highest BCUT2D eigenvalue weighted by molar-refractivity contribution is 6.33. The molecule has 9 nitrogen and oxygen atoms in total. The number of rotatable bonds is 4. The molecular weight excluding hydrogens is 432 g/mol. The van der Waals surface area contributed by atoms with E-state index in [0.29, 0.717) is 44.2 Å². The third-order valence-electron chi connectivity index (χ3n) is 5.72. The number of nitrogens with two attached hydrogens (primary N) is 1. The zero-order valence-corrected chi connectivity index (χ0v) is 17.9. The minimum atomic E-state index is -0.640. The molecule has 0 unspecified atom stereocenters. The van der Waals surface area contributed by atoms with Gasteiger partial charge in [-0.2, -0.15) is 4.79 Å². The Morgan fingerprint density at radius 1 is 1.06 bits per heavy atom. The number of nitrogens with one attached hydrogen (secondary N) is 1. The van der Waals surface area contributed by atoms with Crippen LogP contribution in [0.25, 0.3) is 11.3 Å². The van der Waals surface area contributed by atoms with Crippen molar-refractivity contribution in [1.29, 1.82) is 0 Å². The van der Waals surface area contributed by atoms with Crippen molar-refractivity contribution in [2.24, 2.45) is 5.73 Å². The number of fused-ring (bicyclic) bond motifs is 3. The highest BCUT2D eigenvalue weighted by Gasteiger charge is 2.29. The Kier molecular flexibility index (Phi) is 5.28. The molecule has 0 spiro atoms. The average Bonchev–Trinajstić information content (AvgIpc) is 3.19. The maximum absolute atomic E-state index is 13.2. The third kappa shape index (κ3) is 3.59. The molecule has 32 heavy (non-hydrogen) atoms. The second-order valence-corrected chi connectivity index (χ2v) is 8.06. The summed E-state index contributed by atoms with van der Waals surface area (Å²) in [6.07, 6.45) is 1.37. The standard InChI is InChI=1S/C22H21ClN6O3/c23-16-7-8-17(28-9-11-32-12-10-28)25-19(16)22(31)27-29-20-14-4-2-1-3-13(14)5-6-15(20)18(26-29)21(24)30/h1-4,7-8H,5-6,9-12H2,(H2,24,30)(H,27,31). The fourth-order valence-corrected chi connectivity index (χ4v) is 4.37. The van der Waals surface area contributed by atoms with Crippen LogP contribution in [0.15, 0.2) is 36.4 Å². The average molecular weight is 453 g/mol. The predicted octanol–water partition coefficient (Wildman–Crippen LogP) is 2.02. The van der Waals surface area contributed by atoms with E-state index >= 15 is 0 Å². The lowest BCUT2D eigenvalue weighted by atomic mass is 9.89. The summed E-state index contributed by atoms with van der Waals surface area (Å²) in [6.45, 7) is 2.56. The molecule has 0 bridgehead atoms. The Bertz CT molecular complexity index is 1220. The van der Waals surface area contributed by atoms with Gasteiger partial charge in [-0.1, -0.05) is 35.9 Å². The van der Waals surface area contributed by atoms with Gasteiger partial charge in [-0.3, -0.25) is 9.59 Å². The van der Waals surface area contributed by atoms with Gasteiger partial charge < -0.3 is 15.4 Å². The zero-order valence-electron chi connectivity index (χ0n) is 17.2. The van der Waals surface area contributed by atoms with E-state index in [2.05, 4.69) is 15.5 Å². The molecule has 5 rings (SSSR count). The lowest BCUT2D eigenvalue weighted by molar-refractivity contribution is 0.0981. The molecule has 2 aliphatic rings. The number of ether oxygens (including phenoxy) is 1. The summed E-state index contributed by atoms with van der Waals surface area (Å²) < 4.78 is 5.38. The maximum Gasteiger partial charge on any atom is 0.291 e. The van der Waals surface area contributed by atoms with Crippen molar-refractivity contribution in [1.82, 2.24) is 14.9 Å². The smallest absolute Gasteiger partial charge is 0.291 e. The van der Waals surface area contributed by atoms with E-state index in [9.17, 15) is 9.59 Å². The van der Waals surface area contributed by atoms with E-state index in [4.69, 9.17) is 22.1 Å². The zero-order chi connectivity index (χ0) is 22.2. The molecular formula is C22H21ClN6O3. The van der Waals surface area contributed by atoms with Crippen molar-refractivity contribution in [3.63, 3.8) is 0 Å². The maximum atomic E-state index is 13.2. The van der Waals surface area contributed by atoms with Gasteiger partial charge in [0.15, 0.2) is 11.4 Å².